The first-order valence-electron chi connectivity index (χ1n) is 4.87. The van der Waals surface area contributed by atoms with Crippen LogP contribution in [0.3, 0.4) is 0 Å². The van der Waals surface area contributed by atoms with Crippen molar-refractivity contribution < 1.29 is 4.79 Å². The fourth-order valence-corrected chi connectivity index (χ4v) is 1.63. The van der Waals surface area contributed by atoms with Crippen LogP contribution in [0.2, 0.25) is 0 Å². The molecule has 15 heavy (non-hydrogen) atoms. The van der Waals surface area contributed by atoms with Crippen molar-refractivity contribution in [1.29, 1.82) is 0 Å². The lowest BCUT2D eigenvalue weighted by molar-refractivity contribution is 0.0948. The molecule has 0 spiro atoms. The van der Waals surface area contributed by atoms with Gasteiger partial charge in [0.25, 0.3) is 5.91 Å². The largest absolute Gasteiger partial charge is 0.352 e. The summed E-state index contributed by atoms with van der Waals surface area (Å²) in [5, 5.41) is 2.85. The standard InChI is InChI=1S/C11H15IN2O/c1-8(6-13)7-14-11(15)9-3-2-4-10(12)5-9/h2-5,8H,6-7,13H2,1H3,(H,14,15). The van der Waals surface area contributed by atoms with Gasteiger partial charge in [-0.1, -0.05) is 13.0 Å². The van der Waals surface area contributed by atoms with Gasteiger partial charge >= 0.3 is 0 Å². The van der Waals surface area contributed by atoms with E-state index in [2.05, 4.69) is 27.9 Å². The van der Waals surface area contributed by atoms with Crippen LogP contribution in [-0.4, -0.2) is 19.0 Å². The molecule has 1 aromatic carbocycles. The lowest BCUT2D eigenvalue weighted by Gasteiger charge is -2.10. The second-order valence-corrected chi connectivity index (χ2v) is 4.81. The third kappa shape index (κ3) is 4.17. The fourth-order valence-electron chi connectivity index (χ4n) is 1.08. The second kappa shape index (κ2) is 6.07. The van der Waals surface area contributed by atoms with Gasteiger partial charge in [0.15, 0.2) is 0 Å². The van der Waals surface area contributed by atoms with Crippen molar-refractivity contribution in [2.45, 2.75) is 6.92 Å². The molecule has 1 aromatic rings. The average Bonchev–Trinajstić information content (AvgIpc) is 2.25. The molecule has 0 aliphatic heterocycles. The Morgan fingerprint density at radius 1 is 1.60 bits per heavy atom. The van der Waals surface area contributed by atoms with Crippen LogP contribution in [0.5, 0.6) is 0 Å². The van der Waals surface area contributed by atoms with Gasteiger partial charge in [0.1, 0.15) is 0 Å². The Hall–Kier alpha value is -0.620. The van der Waals surface area contributed by atoms with Crippen molar-refractivity contribution in [2.75, 3.05) is 13.1 Å². The van der Waals surface area contributed by atoms with E-state index in [-0.39, 0.29) is 5.91 Å². The molecule has 0 heterocycles. The Kier molecular flexibility index (Phi) is 5.04. The predicted octanol–water partition coefficient (Wildman–Crippen LogP) is 1.62. The lowest BCUT2D eigenvalue weighted by Crippen LogP contribution is -2.31. The van der Waals surface area contributed by atoms with Gasteiger partial charge in [-0.05, 0) is 53.3 Å². The van der Waals surface area contributed by atoms with E-state index in [9.17, 15) is 4.79 Å². The van der Waals surface area contributed by atoms with Crippen LogP contribution in [0, 0.1) is 9.49 Å². The third-order valence-corrected chi connectivity index (χ3v) is 2.77. The number of nitrogens with two attached hydrogens (primary N) is 1. The highest BCUT2D eigenvalue weighted by Gasteiger charge is 2.06. The number of halogens is 1. The summed E-state index contributed by atoms with van der Waals surface area (Å²) in [4.78, 5) is 11.7. The van der Waals surface area contributed by atoms with Crippen molar-refractivity contribution in [3.05, 3.63) is 33.4 Å². The zero-order valence-corrected chi connectivity index (χ0v) is 10.8. The van der Waals surface area contributed by atoms with Crippen LogP contribution < -0.4 is 11.1 Å². The van der Waals surface area contributed by atoms with Gasteiger partial charge in [-0.25, -0.2) is 0 Å². The zero-order valence-electron chi connectivity index (χ0n) is 8.66. The topological polar surface area (TPSA) is 55.1 Å². The van der Waals surface area contributed by atoms with Crippen molar-refractivity contribution in [2.24, 2.45) is 11.7 Å². The molecule has 4 heteroatoms. The maximum absolute atomic E-state index is 11.7. The van der Waals surface area contributed by atoms with E-state index in [1.54, 1.807) is 0 Å². The predicted molar refractivity (Wildman–Crippen MR) is 69.7 cm³/mol. The number of rotatable bonds is 4. The number of benzene rings is 1. The first-order chi connectivity index (χ1) is 7.13. The van der Waals surface area contributed by atoms with Crippen LogP contribution in [0.15, 0.2) is 24.3 Å². The van der Waals surface area contributed by atoms with Crippen molar-refractivity contribution >= 4 is 28.5 Å². The van der Waals surface area contributed by atoms with Crippen molar-refractivity contribution in [3.8, 4) is 0 Å². The first-order valence-corrected chi connectivity index (χ1v) is 5.95. The maximum atomic E-state index is 11.7. The highest BCUT2D eigenvalue weighted by Crippen LogP contribution is 2.07. The van der Waals surface area contributed by atoms with Gasteiger partial charge in [0.2, 0.25) is 0 Å². The summed E-state index contributed by atoms with van der Waals surface area (Å²) in [5.41, 5.74) is 6.17. The second-order valence-electron chi connectivity index (χ2n) is 3.56. The molecule has 0 aliphatic rings. The molecule has 82 valence electrons. The molecule has 0 saturated carbocycles. The third-order valence-electron chi connectivity index (χ3n) is 2.10. The van der Waals surface area contributed by atoms with Gasteiger partial charge in [-0.3, -0.25) is 4.79 Å². The highest BCUT2D eigenvalue weighted by molar-refractivity contribution is 14.1. The molecule has 3 nitrogen and oxygen atoms in total. The van der Waals surface area contributed by atoms with E-state index in [0.29, 0.717) is 24.6 Å². The minimum Gasteiger partial charge on any atom is -0.352 e. The molecule has 0 bridgehead atoms. The molecule has 0 saturated heterocycles. The van der Waals surface area contributed by atoms with Gasteiger partial charge in [0.05, 0.1) is 0 Å². The molecule has 0 aromatic heterocycles. The molecule has 0 radical (unpaired) electrons. The van der Waals surface area contributed by atoms with E-state index >= 15 is 0 Å². The summed E-state index contributed by atoms with van der Waals surface area (Å²) in [6.07, 6.45) is 0. The minimum atomic E-state index is -0.0335. The average molecular weight is 318 g/mol. The quantitative estimate of drug-likeness (QED) is 0.829. The lowest BCUT2D eigenvalue weighted by atomic mass is 10.1. The van der Waals surface area contributed by atoms with Crippen LogP contribution in [0.25, 0.3) is 0 Å². The summed E-state index contributed by atoms with van der Waals surface area (Å²) in [6.45, 7) is 3.22. The van der Waals surface area contributed by atoms with E-state index < -0.39 is 0 Å². The van der Waals surface area contributed by atoms with Gasteiger partial charge < -0.3 is 11.1 Å². The Morgan fingerprint density at radius 2 is 2.33 bits per heavy atom. The normalized spacial score (nSPS) is 12.2. The van der Waals surface area contributed by atoms with Crippen molar-refractivity contribution in [1.82, 2.24) is 5.32 Å². The monoisotopic (exact) mass is 318 g/mol. The Bertz CT molecular complexity index is 341. The summed E-state index contributed by atoms with van der Waals surface area (Å²) in [5.74, 6) is 0.283. The Morgan fingerprint density at radius 3 is 2.93 bits per heavy atom. The SMILES string of the molecule is CC(CN)CNC(=O)c1cccc(I)c1. The van der Waals surface area contributed by atoms with Gasteiger partial charge in [-0.2, -0.15) is 0 Å². The highest BCUT2D eigenvalue weighted by atomic mass is 127. The molecule has 0 aliphatic carbocycles. The molecule has 1 unspecified atom stereocenters. The van der Waals surface area contributed by atoms with Crippen molar-refractivity contribution in [3.63, 3.8) is 0 Å². The number of carbonyl (C=O) groups is 1. The Balaban J connectivity index is 2.54. The zero-order chi connectivity index (χ0) is 11.3. The molecular weight excluding hydrogens is 303 g/mol. The van der Waals surface area contributed by atoms with Crippen LogP contribution in [0.4, 0.5) is 0 Å². The molecule has 1 rings (SSSR count). The summed E-state index contributed by atoms with van der Waals surface area (Å²) >= 11 is 2.19. The smallest absolute Gasteiger partial charge is 0.251 e. The van der Waals surface area contributed by atoms with Gasteiger partial charge in [0, 0.05) is 15.7 Å². The molecule has 1 amide bonds. The summed E-state index contributed by atoms with van der Waals surface area (Å²) in [7, 11) is 0. The Labute approximate surface area is 104 Å². The number of nitrogens with one attached hydrogen (secondary N) is 1. The van der Waals surface area contributed by atoms with Gasteiger partial charge in [-0.15, -0.1) is 0 Å². The number of amides is 1. The van der Waals surface area contributed by atoms with Crippen LogP contribution in [0.1, 0.15) is 17.3 Å². The molecule has 0 fully saturated rings. The molecular formula is C11H15IN2O. The maximum Gasteiger partial charge on any atom is 0.251 e. The van der Waals surface area contributed by atoms with E-state index in [0.717, 1.165) is 3.57 Å². The number of carbonyl (C=O) groups excluding carboxylic acids is 1. The number of hydrogen-bond acceptors (Lipinski definition) is 2. The van der Waals surface area contributed by atoms with E-state index in [4.69, 9.17) is 5.73 Å². The first kappa shape index (κ1) is 12.4. The summed E-state index contributed by atoms with van der Waals surface area (Å²) in [6, 6.07) is 7.51. The molecule has 3 N–H and O–H groups in total. The van der Waals surface area contributed by atoms with E-state index in [1.165, 1.54) is 0 Å². The molecule has 1 atom stereocenters. The minimum absolute atomic E-state index is 0.0335. The summed E-state index contributed by atoms with van der Waals surface area (Å²) < 4.78 is 1.06. The van der Waals surface area contributed by atoms with Crippen LogP contribution in [-0.2, 0) is 0 Å². The van der Waals surface area contributed by atoms with E-state index in [1.807, 2.05) is 31.2 Å². The van der Waals surface area contributed by atoms with Crippen LogP contribution >= 0.6 is 22.6 Å². The number of hydrogen-bond donors (Lipinski definition) is 2. The fraction of sp³-hybridized carbons (Fsp3) is 0.364.